The van der Waals surface area contributed by atoms with Gasteiger partial charge in [-0.25, -0.2) is 0 Å². The molecule has 0 radical (unpaired) electrons. The summed E-state index contributed by atoms with van der Waals surface area (Å²) in [5, 5.41) is 13.2. The van der Waals surface area contributed by atoms with Crippen LogP contribution < -0.4 is 19.5 Å². The highest BCUT2D eigenvalue weighted by Gasteiger charge is 2.20. The zero-order valence-electron chi connectivity index (χ0n) is 21.0. The van der Waals surface area contributed by atoms with Crippen molar-refractivity contribution in [2.45, 2.75) is 18.1 Å². The molecule has 4 aromatic rings. The van der Waals surface area contributed by atoms with E-state index in [1.54, 1.807) is 39.5 Å². The van der Waals surface area contributed by atoms with Gasteiger partial charge in [0.15, 0.2) is 22.5 Å². The van der Waals surface area contributed by atoms with Crippen LogP contribution in [0.3, 0.4) is 0 Å². The van der Waals surface area contributed by atoms with Gasteiger partial charge >= 0.3 is 0 Å². The van der Waals surface area contributed by atoms with Crippen LogP contribution in [0.25, 0.3) is 11.4 Å². The van der Waals surface area contributed by atoms with Crippen LogP contribution in [0.2, 0.25) is 10.0 Å². The van der Waals surface area contributed by atoms with Crippen molar-refractivity contribution in [2.24, 2.45) is 0 Å². The Morgan fingerprint density at radius 1 is 0.921 bits per heavy atom. The van der Waals surface area contributed by atoms with Gasteiger partial charge in [-0.3, -0.25) is 4.79 Å². The number of aromatic nitrogens is 3. The van der Waals surface area contributed by atoms with E-state index < -0.39 is 0 Å². The second-order valence-electron chi connectivity index (χ2n) is 8.10. The van der Waals surface area contributed by atoms with Gasteiger partial charge in [-0.1, -0.05) is 65.3 Å². The summed E-state index contributed by atoms with van der Waals surface area (Å²) >= 11 is 13.4. The van der Waals surface area contributed by atoms with Gasteiger partial charge in [0.05, 0.1) is 27.1 Å². The van der Waals surface area contributed by atoms with E-state index in [1.807, 2.05) is 34.9 Å². The molecule has 1 N–H and O–H groups in total. The molecule has 198 valence electrons. The summed E-state index contributed by atoms with van der Waals surface area (Å²) < 4.78 is 18.5. The van der Waals surface area contributed by atoms with Crippen LogP contribution in [0.15, 0.2) is 65.8 Å². The van der Waals surface area contributed by atoms with E-state index in [0.717, 1.165) is 12.0 Å². The third-order valence-corrected chi connectivity index (χ3v) is 6.99. The number of hydrogen-bond acceptors (Lipinski definition) is 7. The van der Waals surface area contributed by atoms with Crippen LogP contribution in [0.5, 0.6) is 17.2 Å². The van der Waals surface area contributed by atoms with E-state index in [-0.39, 0.29) is 11.7 Å². The zero-order chi connectivity index (χ0) is 27.1. The minimum absolute atomic E-state index is 0.114. The van der Waals surface area contributed by atoms with Crippen molar-refractivity contribution >= 4 is 46.6 Å². The number of thioether (sulfide) groups is 1. The highest BCUT2D eigenvalue weighted by Crippen LogP contribution is 2.41. The molecule has 0 unspecified atom stereocenters. The third kappa shape index (κ3) is 6.72. The Morgan fingerprint density at radius 2 is 1.58 bits per heavy atom. The predicted molar refractivity (Wildman–Crippen MR) is 151 cm³/mol. The number of nitrogens with one attached hydrogen (secondary N) is 1. The molecule has 38 heavy (non-hydrogen) atoms. The summed E-state index contributed by atoms with van der Waals surface area (Å²) in [5.74, 6) is 2.01. The number of benzene rings is 3. The SMILES string of the molecule is COc1cc(-c2nnc(SCC(=O)Nc3cc(Cl)cc(Cl)c3)n2CCc2ccccc2)cc(OC)c1OC. The molecule has 1 aromatic heterocycles. The van der Waals surface area contributed by atoms with E-state index in [4.69, 9.17) is 37.4 Å². The van der Waals surface area contributed by atoms with Crippen LogP contribution in [-0.4, -0.2) is 47.8 Å². The number of methoxy groups -OCH3 is 3. The van der Waals surface area contributed by atoms with Crippen molar-refractivity contribution in [3.05, 3.63) is 76.3 Å². The number of carbonyl (C=O) groups is 1. The topological polar surface area (TPSA) is 87.5 Å². The van der Waals surface area contributed by atoms with E-state index in [1.165, 1.54) is 17.3 Å². The van der Waals surface area contributed by atoms with E-state index in [2.05, 4.69) is 27.6 Å². The molecular formula is C27H26Cl2N4O4S. The van der Waals surface area contributed by atoms with Gasteiger partial charge in [0.1, 0.15) is 0 Å². The molecule has 3 aromatic carbocycles. The molecule has 1 amide bonds. The number of hydrogen-bond donors (Lipinski definition) is 1. The lowest BCUT2D eigenvalue weighted by atomic mass is 10.1. The standard InChI is InChI=1S/C27H26Cl2N4O4S/c1-35-22-11-18(12-23(36-2)25(22)37-3)26-31-32-27(33(26)10-9-17-7-5-4-6-8-17)38-16-24(34)30-21-14-19(28)13-20(29)15-21/h4-8,11-15H,9-10,16H2,1-3H3,(H,30,34). The molecule has 0 spiro atoms. The van der Waals surface area contributed by atoms with Crippen molar-refractivity contribution in [2.75, 3.05) is 32.4 Å². The monoisotopic (exact) mass is 572 g/mol. The molecule has 8 nitrogen and oxygen atoms in total. The Morgan fingerprint density at radius 3 is 2.18 bits per heavy atom. The van der Waals surface area contributed by atoms with Gasteiger partial charge in [-0.05, 0) is 42.3 Å². The molecule has 4 rings (SSSR count). The maximum Gasteiger partial charge on any atom is 0.234 e. The molecule has 0 aliphatic heterocycles. The van der Waals surface area contributed by atoms with E-state index in [0.29, 0.717) is 50.5 Å². The minimum Gasteiger partial charge on any atom is -0.493 e. The van der Waals surface area contributed by atoms with Crippen molar-refractivity contribution in [1.82, 2.24) is 14.8 Å². The number of rotatable bonds is 11. The summed E-state index contributed by atoms with van der Waals surface area (Å²) in [6.45, 7) is 0.594. The first-order chi connectivity index (χ1) is 18.4. The van der Waals surface area contributed by atoms with Crippen molar-refractivity contribution in [3.8, 4) is 28.6 Å². The lowest BCUT2D eigenvalue weighted by Gasteiger charge is -2.15. The molecule has 0 saturated carbocycles. The Balaban J connectivity index is 1.61. The van der Waals surface area contributed by atoms with Crippen molar-refractivity contribution < 1.29 is 19.0 Å². The van der Waals surface area contributed by atoms with Crippen LogP contribution in [0.4, 0.5) is 5.69 Å². The number of carbonyl (C=O) groups excluding carboxylic acids is 1. The van der Waals surface area contributed by atoms with Crippen molar-refractivity contribution in [3.63, 3.8) is 0 Å². The van der Waals surface area contributed by atoms with Gasteiger partial charge in [0.25, 0.3) is 0 Å². The fourth-order valence-electron chi connectivity index (χ4n) is 3.86. The minimum atomic E-state index is -0.222. The molecular weight excluding hydrogens is 547 g/mol. The number of aryl methyl sites for hydroxylation is 1. The van der Waals surface area contributed by atoms with Gasteiger partial charge < -0.3 is 24.1 Å². The maximum absolute atomic E-state index is 12.7. The number of anilines is 1. The highest BCUT2D eigenvalue weighted by atomic mass is 35.5. The van der Waals surface area contributed by atoms with E-state index >= 15 is 0 Å². The third-order valence-electron chi connectivity index (χ3n) is 5.59. The number of amides is 1. The van der Waals surface area contributed by atoms with Gasteiger partial charge in [0, 0.05) is 27.8 Å². The molecule has 0 aliphatic rings. The second-order valence-corrected chi connectivity index (χ2v) is 9.92. The fourth-order valence-corrected chi connectivity index (χ4v) is 5.15. The highest BCUT2D eigenvalue weighted by molar-refractivity contribution is 7.99. The van der Waals surface area contributed by atoms with Crippen LogP contribution in [0.1, 0.15) is 5.56 Å². The first-order valence-electron chi connectivity index (χ1n) is 11.6. The Kier molecular flexibility index (Phi) is 9.38. The molecule has 0 atom stereocenters. The number of ether oxygens (including phenoxy) is 3. The Hall–Kier alpha value is -3.40. The summed E-state index contributed by atoms with van der Waals surface area (Å²) in [6.07, 6.45) is 0.747. The maximum atomic E-state index is 12.7. The Bertz CT molecular complexity index is 1370. The average molecular weight is 574 g/mol. The zero-order valence-corrected chi connectivity index (χ0v) is 23.4. The Labute approximate surface area is 235 Å². The van der Waals surface area contributed by atoms with Crippen molar-refractivity contribution in [1.29, 1.82) is 0 Å². The average Bonchev–Trinajstić information content (AvgIpc) is 3.32. The number of nitrogens with zero attached hydrogens (tertiary/aromatic N) is 3. The molecule has 0 fully saturated rings. The van der Waals surface area contributed by atoms with Crippen LogP contribution >= 0.6 is 35.0 Å². The fraction of sp³-hybridized carbons (Fsp3) is 0.222. The molecule has 11 heteroatoms. The largest absolute Gasteiger partial charge is 0.493 e. The molecule has 0 saturated heterocycles. The summed E-state index contributed by atoms with van der Waals surface area (Å²) in [6, 6.07) is 18.7. The van der Waals surface area contributed by atoms with Crippen LogP contribution in [0, 0.1) is 0 Å². The van der Waals surface area contributed by atoms with Gasteiger partial charge in [-0.2, -0.15) is 0 Å². The number of halogens is 2. The summed E-state index contributed by atoms with van der Waals surface area (Å²) in [7, 11) is 4.68. The lowest BCUT2D eigenvalue weighted by molar-refractivity contribution is -0.113. The first-order valence-corrected chi connectivity index (χ1v) is 13.3. The summed E-state index contributed by atoms with van der Waals surface area (Å²) in [4.78, 5) is 12.7. The normalized spacial score (nSPS) is 10.8. The lowest BCUT2D eigenvalue weighted by Crippen LogP contribution is -2.15. The molecule has 0 bridgehead atoms. The molecule has 1 heterocycles. The second kappa shape index (κ2) is 12.9. The van der Waals surface area contributed by atoms with Crippen LogP contribution in [-0.2, 0) is 17.8 Å². The van der Waals surface area contributed by atoms with E-state index in [9.17, 15) is 4.79 Å². The smallest absolute Gasteiger partial charge is 0.234 e. The van der Waals surface area contributed by atoms with Gasteiger partial charge in [-0.15, -0.1) is 10.2 Å². The predicted octanol–water partition coefficient (Wildman–Crippen LogP) is 6.25. The summed E-state index contributed by atoms with van der Waals surface area (Å²) in [5.41, 5.74) is 2.44. The van der Waals surface area contributed by atoms with Gasteiger partial charge in [0.2, 0.25) is 11.7 Å². The molecule has 0 aliphatic carbocycles. The quantitative estimate of drug-likeness (QED) is 0.212. The first kappa shape index (κ1) is 27.6.